The van der Waals surface area contributed by atoms with Crippen LogP contribution in [0.3, 0.4) is 0 Å². The average molecular weight is 375 g/mol. The van der Waals surface area contributed by atoms with Crippen LogP contribution in [0, 0.1) is 12.8 Å². The van der Waals surface area contributed by atoms with Crippen molar-refractivity contribution in [2.45, 2.75) is 32.6 Å². The summed E-state index contributed by atoms with van der Waals surface area (Å²) in [6.07, 6.45) is 0. The number of benzene rings is 2. The lowest BCUT2D eigenvalue weighted by atomic mass is 10.2. The van der Waals surface area contributed by atoms with Gasteiger partial charge in [-0.2, -0.15) is 0 Å². The summed E-state index contributed by atoms with van der Waals surface area (Å²) in [6.45, 7) is 8.56. The fourth-order valence-electron chi connectivity index (χ4n) is 2.60. The molecule has 0 fully saturated rings. The Labute approximate surface area is 156 Å². The van der Waals surface area contributed by atoms with Gasteiger partial charge in [-0.05, 0) is 55.7 Å². The van der Waals surface area contributed by atoms with Crippen molar-refractivity contribution in [2.75, 3.05) is 17.4 Å². The molecule has 26 heavy (non-hydrogen) atoms. The molecule has 0 unspecified atom stereocenters. The maximum absolute atomic E-state index is 13.1. The zero-order valence-electron chi connectivity index (χ0n) is 15.7. The number of rotatable bonds is 7. The molecule has 0 aliphatic carbocycles. The fraction of sp³-hybridized carbons (Fsp3) is 0.350. The van der Waals surface area contributed by atoms with Gasteiger partial charge in [-0.25, -0.2) is 8.42 Å². The molecular weight excluding hydrogens is 348 g/mol. The van der Waals surface area contributed by atoms with E-state index < -0.39 is 10.0 Å². The molecule has 0 atom stereocenters. The van der Waals surface area contributed by atoms with E-state index in [9.17, 15) is 13.2 Å². The molecule has 0 heterocycles. The van der Waals surface area contributed by atoms with E-state index in [4.69, 9.17) is 0 Å². The standard InChI is InChI=1S/C20H26N2O3S/c1-5-22(18-10-6-8-16(4)12-18)26(24,25)19-11-7-9-17(13-19)20(23)21-14-15(2)3/h6-13,15H,5,14H2,1-4H3,(H,21,23). The van der Waals surface area contributed by atoms with Crippen LogP contribution in [0.1, 0.15) is 36.7 Å². The molecule has 1 N–H and O–H groups in total. The zero-order valence-corrected chi connectivity index (χ0v) is 16.5. The number of hydrogen-bond donors (Lipinski definition) is 1. The summed E-state index contributed by atoms with van der Waals surface area (Å²) in [4.78, 5) is 12.4. The van der Waals surface area contributed by atoms with Crippen molar-refractivity contribution in [2.24, 2.45) is 5.92 Å². The number of carbonyl (C=O) groups excluding carboxylic acids is 1. The van der Waals surface area contributed by atoms with Gasteiger partial charge in [0.25, 0.3) is 15.9 Å². The molecule has 0 radical (unpaired) electrons. The number of nitrogens with one attached hydrogen (secondary N) is 1. The first-order valence-corrected chi connectivity index (χ1v) is 10.2. The first-order valence-electron chi connectivity index (χ1n) is 8.73. The van der Waals surface area contributed by atoms with E-state index in [1.54, 1.807) is 25.1 Å². The quantitative estimate of drug-likeness (QED) is 0.805. The topological polar surface area (TPSA) is 66.5 Å². The van der Waals surface area contributed by atoms with Crippen molar-refractivity contribution in [1.29, 1.82) is 0 Å². The van der Waals surface area contributed by atoms with Crippen molar-refractivity contribution in [3.63, 3.8) is 0 Å². The van der Waals surface area contributed by atoms with Crippen molar-refractivity contribution in [3.8, 4) is 0 Å². The highest BCUT2D eigenvalue weighted by atomic mass is 32.2. The molecule has 5 nitrogen and oxygen atoms in total. The Morgan fingerprint density at radius 1 is 1.12 bits per heavy atom. The van der Waals surface area contributed by atoms with Gasteiger partial charge < -0.3 is 5.32 Å². The summed E-state index contributed by atoms with van der Waals surface area (Å²) in [7, 11) is -3.75. The van der Waals surface area contributed by atoms with Crippen LogP contribution in [0.15, 0.2) is 53.4 Å². The number of carbonyl (C=O) groups is 1. The van der Waals surface area contributed by atoms with Gasteiger partial charge >= 0.3 is 0 Å². The second-order valence-corrected chi connectivity index (χ2v) is 8.50. The number of sulfonamides is 1. The third-order valence-electron chi connectivity index (χ3n) is 3.93. The summed E-state index contributed by atoms with van der Waals surface area (Å²) in [5.41, 5.74) is 1.94. The maximum atomic E-state index is 13.1. The monoisotopic (exact) mass is 374 g/mol. The van der Waals surface area contributed by atoms with Gasteiger partial charge in [-0.15, -0.1) is 0 Å². The SMILES string of the molecule is CCN(c1cccc(C)c1)S(=O)(=O)c1cccc(C(=O)NCC(C)C)c1. The Morgan fingerprint density at radius 2 is 1.81 bits per heavy atom. The van der Waals surface area contributed by atoms with E-state index in [2.05, 4.69) is 5.32 Å². The van der Waals surface area contributed by atoms with Crippen LogP contribution >= 0.6 is 0 Å². The molecule has 0 aliphatic rings. The highest BCUT2D eigenvalue weighted by molar-refractivity contribution is 7.92. The number of amides is 1. The van der Waals surface area contributed by atoms with Gasteiger partial charge in [0, 0.05) is 18.7 Å². The van der Waals surface area contributed by atoms with Gasteiger partial charge in [-0.1, -0.05) is 32.0 Å². The lowest BCUT2D eigenvalue weighted by Gasteiger charge is -2.23. The van der Waals surface area contributed by atoms with Crippen molar-refractivity contribution < 1.29 is 13.2 Å². The first-order chi connectivity index (χ1) is 12.3. The van der Waals surface area contributed by atoms with E-state index in [0.717, 1.165) is 5.56 Å². The fourth-order valence-corrected chi connectivity index (χ4v) is 4.11. The number of anilines is 1. The molecule has 0 saturated heterocycles. The van der Waals surface area contributed by atoms with Crippen LogP contribution in [0.5, 0.6) is 0 Å². The molecule has 0 aromatic heterocycles. The smallest absolute Gasteiger partial charge is 0.264 e. The van der Waals surface area contributed by atoms with Gasteiger partial charge in [0.05, 0.1) is 10.6 Å². The molecule has 0 saturated carbocycles. The number of hydrogen-bond acceptors (Lipinski definition) is 3. The average Bonchev–Trinajstić information content (AvgIpc) is 2.60. The van der Waals surface area contributed by atoms with Crippen molar-refractivity contribution >= 4 is 21.6 Å². The van der Waals surface area contributed by atoms with E-state index in [0.29, 0.717) is 30.3 Å². The Bertz CT molecular complexity index is 876. The van der Waals surface area contributed by atoms with Crippen molar-refractivity contribution in [1.82, 2.24) is 5.32 Å². The summed E-state index contributed by atoms with van der Waals surface area (Å²) >= 11 is 0. The lowest BCUT2D eigenvalue weighted by Crippen LogP contribution is -2.31. The Kier molecular flexibility index (Phi) is 6.42. The minimum atomic E-state index is -3.75. The Hall–Kier alpha value is -2.34. The van der Waals surface area contributed by atoms with Gasteiger partial charge in [0.2, 0.25) is 0 Å². The molecule has 6 heteroatoms. The predicted molar refractivity (Wildman–Crippen MR) is 105 cm³/mol. The highest BCUT2D eigenvalue weighted by Gasteiger charge is 2.24. The number of aryl methyl sites for hydroxylation is 1. The Morgan fingerprint density at radius 3 is 2.42 bits per heavy atom. The third-order valence-corrected chi connectivity index (χ3v) is 5.83. The molecular formula is C20H26N2O3S. The maximum Gasteiger partial charge on any atom is 0.264 e. The van der Waals surface area contributed by atoms with Crippen LogP contribution in [-0.2, 0) is 10.0 Å². The molecule has 2 rings (SSSR count). The van der Waals surface area contributed by atoms with Crippen LogP contribution < -0.4 is 9.62 Å². The summed E-state index contributed by atoms with van der Waals surface area (Å²) in [5, 5.41) is 2.81. The summed E-state index contributed by atoms with van der Waals surface area (Å²) in [5.74, 6) is 0.0529. The van der Waals surface area contributed by atoms with Crippen LogP contribution in [-0.4, -0.2) is 27.4 Å². The largest absolute Gasteiger partial charge is 0.352 e. The minimum absolute atomic E-state index is 0.109. The van der Waals surface area contributed by atoms with Gasteiger partial charge in [0.15, 0.2) is 0 Å². The molecule has 140 valence electrons. The Balaban J connectivity index is 2.36. The molecule has 0 spiro atoms. The lowest BCUT2D eigenvalue weighted by molar-refractivity contribution is 0.0949. The van der Waals surface area contributed by atoms with E-state index >= 15 is 0 Å². The predicted octanol–water partition coefficient (Wildman–Crippen LogP) is 3.60. The van der Waals surface area contributed by atoms with E-state index in [1.807, 2.05) is 39.0 Å². The third kappa shape index (κ3) is 4.64. The van der Waals surface area contributed by atoms with E-state index in [1.165, 1.54) is 16.4 Å². The summed E-state index contributed by atoms with van der Waals surface area (Å²) in [6, 6.07) is 13.5. The van der Waals surface area contributed by atoms with Gasteiger partial charge in [0.1, 0.15) is 0 Å². The van der Waals surface area contributed by atoms with Crippen LogP contribution in [0.4, 0.5) is 5.69 Å². The second-order valence-electron chi connectivity index (χ2n) is 6.64. The normalized spacial score (nSPS) is 11.4. The minimum Gasteiger partial charge on any atom is -0.352 e. The molecule has 0 bridgehead atoms. The number of nitrogens with zero attached hydrogens (tertiary/aromatic N) is 1. The second kappa shape index (κ2) is 8.36. The molecule has 0 aliphatic heterocycles. The summed E-state index contributed by atoms with van der Waals surface area (Å²) < 4.78 is 27.6. The molecule has 1 amide bonds. The van der Waals surface area contributed by atoms with Gasteiger partial charge in [-0.3, -0.25) is 9.10 Å². The zero-order chi connectivity index (χ0) is 19.3. The molecule has 2 aromatic rings. The first kappa shape index (κ1) is 20.0. The van der Waals surface area contributed by atoms with Crippen LogP contribution in [0.2, 0.25) is 0 Å². The highest BCUT2D eigenvalue weighted by Crippen LogP contribution is 2.24. The van der Waals surface area contributed by atoms with Crippen LogP contribution in [0.25, 0.3) is 0 Å². The van der Waals surface area contributed by atoms with Crippen molar-refractivity contribution in [3.05, 3.63) is 59.7 Å². The van der Waals surface area contributed by atoms with E-state index in [-0.39, 0.29) is 10.8 Å². The molecule has 2 aromatic carbocycles.